The summed E-state index contributed by atoms with van der Waals surface area (Å²) in [5, 5.41) is 4.57. The topological polar surface area (TPSA) is 68.1 Å². The van der Waals surface area contributed by atoms with Gasteiger partial charge in [-0.2, -0.15) is 16.9 Å². The van der Waals surface area contributed by atoms with Crippen molar-refractivity contribution in [3.63, 3.8) is 0 Å². The zero-order valence-corrected chi connectivity index (χ0v) is 16.3. The summed E-state index contributed by atoms with van der Waals surface area (Å²) in [6, 6.07) is 7.38. The van der Waals surface area contributed by atoms with Crippen molar-refractivity contribution in [2.45, 2.75) is 18.7 Å². The number of amides is 1. The molecule has 1 amide bonds. The third-order valence-electron chi connectivity index (χ3n) is 5.16. The second kappa shape index (κ2) is 6.76. The number of hydrogen-bond acceptors (Lipinski definition) is 6. The highest BCUT2D eigenvalue weighted by atomic mass is 32.2. The zero-order chi connectivity index (χ0) is 18.4. The molecule has 0 spiro atoms. The zero-order valence-electron chi connectivity index (χ0n) is 14.6. The number of carbonyl (C=O) groups excluding carboxylic acids is 1. The van der Waals surface area contributed by atoms with Crippen LogP contribution in [-0.4, -0.2) is 44.4 Å². The van der Waals surface area contributed by atoms with Gasteiger partial charge in [-0.05, 0) is 29.5 Å². The summed E-state index contributed by atoms with van der Waals surface area (Å²) in [6.07, 6.45) is 0.926. The van der Waals surface area contributed by atoms with Crippen molar-refractivity contribution in [2.24, 2.45) is 5.92 Å². The number of nitrogens with zero attached hydrogens (tertiary/aromatic N) is 4. The number of hydrogen-bond donors (Lipinski definition) is 0. The minimum atomic E-state index is -0.0309. The lowest BCUT2D eigenvalue weighted by atomic mass is 9.98. The highest BCUT2D eigenvalue weighted by Gasteiger charge is 2.32. The number of likely N-dealkylation sites (tertiary alicyclic amines) is 1. The molecule has 0 atom stereocenters. The van der Waals surface area contributed by atoms with Crippen LogP contribution in [0.15, 0.2) is 34.6 Å². The first kappa shape index (κ1) is 16.9. The second-order valence-electron chi connectivity index (χ2n) is 7.05. The fourth-order valence-electron chi connectivity index (χ4n) is 3.65. The van der Waals surface area contributed by atoms with Gasteiger partial charge in [0, 0.05) is 42.8 Å². The fraction of sp³-hybridized carbons (Fsp3) is 0.368. The second-order valence-corrected chi connectivity index (χ2v) is 9.04. The van der Waals surface area contributed by atoms with Crippen LogP contribution in [-0.2, 0) is 18.7 Å². The van der Waals surface area contributed by atoms with Gasteiger partial charge in [0.2, 0.25) is 0 Å². The number of fused-ring (bicyclic) bond motifs is 2. The van der Waals surface area contributed by atoms with Gasteiger partial charge in [0.25, 0.3) is 11.5 Å². The molecule has 0 N–H and O–H groups in total. The molecule has 0 aliphatic carbocycles. The van der Waals surface area contributed by atoms with E-state index in [-0.39, 0.29) is 17.4 Å². The molecule has 0 unspecified atom stereocenters. The Balaban J connectivity index is 1.25. The fourth-order valence-corrected chi connectivity index (χ4v) is 5.32. The molecule has 0 radical (unpaired) electrons. The molecule has 1 saturated heterocycles. The molecule has 0 bridgehead atoms. The summed E-state index contributed by atoms with van der Waals surface area (Å²) in [6.45, 7) is 1.91. The van der Waals surface area contributed by atoms with Crippen LogP contribution in [0.25, 0.3) is 10.2 Å². The SMILES string of the molecule is O=C(c1ccc2ncsc2c1)N1CC(Cn2nc3c(cc2=O)CSCC3)C1. The molecular weight excluding hydrogens is 380 g/mol. The van der Waals surface area contributed by atoms with Crippen molar-refractivity contribution in [3.05, 3.63) is 57.0 Å². The third kappa shape index (κ3) is 3.17. The van der Waals surface area contributed by atoms with E-state index in [1.165, 1.54) is 0 Å². The number of rotatable bonds is 3. The van der Waals surface area contributed by atoms with Crippen molar-refractivity contribution in [1.82, 2.24) is 19.7 Å². The maximum absolute atomic E-state index is 12.7. The Bertz CT molecular complexity index is 1080. The van der Waals surface area contributed by atoms with Crippen LogP contribution >= 0.6 is 23.1 Å². The van der Waals surface area contributed by atoms with Crippen LogP contribution in [0.1, 0.15) is 21.6 Å². The maximum Gasteiger partial charge on any atom is 0.267 e. The summed E-state index contributed by atoms with van der Waals surface area (Å²) in [7, 11) is 0. The summed E-state index contributed by atoms with van der Waals surface area (Å²) < 4.78 is 2.62. The largest absolute Gasteiger partial charge is 0.338 e. The quantitative estimate of drug-likeness (QED) is 0.678. The third-order valence-corrected chi connectivity index (χ3v) is 6.96. The Morgan fingerprint density at radius 2 is 2.15 bits per heavy atom. The molecule has 5 rings (SSSR count). The highest BCUT2D eigenvalue weighted by molar-refractivity contribution is 7.98. The lowest BCUT2D eigenvalue weighted by Crippen LogP contribution is -2.52. The van der Waals surface area contributed by atoms with Gasteiger partial charge in [0.05, 0.1) is 28.0 Å². The standard InChI is InChI=1S/C19H18N4O2S2/c24-18-6-14-10-26-4-3-15(14)21-23(18)9-12-7-22(8-12)19(25)13-1-2-16-17(5-13)27-11-20-16/h1-2,5-6,11-12H,3-4,7-10H2. The Hall–Kier alpha value is -2.19. The average molecular weight is 399 g/mol. The number of carbonyl (C=O) groups is 1. The molecule has 3 aromatic rings. The van der Waals surface area contributed by atoms with Gasteiger partial charge in [0.15, 0.2) is 0 Å². The average Bonchev–Trinajstić information content (AvgIpc) is 3.11. The molecule has 4 heterocycles. The molecule has 138 valence electrons. The van der Waals surface area contributed by atoms with Gasteiger partial charge in [-0.15, -0.1) is 11.3 Å². The van der Waals surface area contributed by atoms with Gasteiger partial charge in [-0.25, -0.2) is 9.67 Å². The number of aryl methyl sites for hydroxylation is 1. The lowest BCUT2D eigenvalue weighted by molar-refractivity contribution is 0.0458. The van der Waals surface area contributed by atoms with Gasteiger partial charge >= 0.3 is 0 Å². The molecule has 0 saturated carbocycles. The van der Waals surface area contributed by atoms with Gasteiger partial charge in [0.1, 0.15) is 0 Å². The van der Waals surface area contributed by atoms with E-state index >= 15 is 0 Å². The van der Waals surface area contributed by atoms with E-state index in [1.54, 1.807) is 27.6 Å². The van der Waals surface area contributed by atoms with Crippen LogP contribution in [0, 0.1) is 5.92 Å². The molecule has 27 heavy (non-hydrogen) atoms. The van der Waals surface area contributed by atoms with Crippen LogP contribution in [0.4, 0.5) is 0 Å². The molecule has 1 fully saturated rings. The van der Waals surface area contributed by atoms with E-state index in [9.17, 15) is 9.59 Å². The van der Waals surface area contributed by atoms with Crippen LogP contribution in [0.3, 0.4) is 0 Å². The Kier molecular flexibility index (Phi) is 4.24. The number of thiazole rings is 1. The van der Waals surface area contributed by atoms with Crippen molar-refractivity contribution in [1.29, 1.82) is 0 Å². The first-order chi connectivity index (χ1) is 13.2. The molecule has 6 nitrogen and oxygen atoms in total. The van der Waals surface area contributed by atoms with E-state index < -0.39 is 0 Å². The predicted molar refractivity (Wildman–Crippen MR) is 107 cm³/mol. The van der Waals surface area contributed by atoms with Crippen LogP contribution in [0.5, 0.6) is 0 Å². The van der Waals surface area contributed by atoms with Crippen LogP contribution < -0.4 is 5.56 Å². The monoisotopic (exact) mass is 398 g/mol. The summed E-state index contributed by atoms with van der Waals surface area (Å²) >= 11 is 3.39. The summed E-state index contributed by atoms with van der Waals surface area (Å²) in [5.41, 5.74) is 5.52. The normalized spacial score (nSPS) is 17.0. The Morgan fingerprint density at radius 1 is 1.26 bits per heavy atom. The first-order valence-corrected chi connectivity index (χ1v) is 11.0. The number of benzene rings is 1. The molecule has 1 aromatic carbocycles. The van der Waals surface area contributed by atoms with Gasteiger partial charge in [-0.3, -0.25) is 9.59 Å². The number of thioether (sulfide) groups is 1. The Morgan fingerprint density at radius 3 is 3.04 bits per heavy atom. The molecule has 2 aliphatic heterocycles. The summed E-state index contributed by atoms with van der Waals surface area (Å²) in [5.74, 6) is 2.27. The van der Waals surface area contributed by atoms with E-state index in [0.29, 0.717) is 25.2 Å². The molecule has 8 heteroatoms. The molecular formula is C19H18N4O2S2. The molecule has 2 aromatic heterocycles. The Labute approximate surface area is 164 Å². The summed E-state index contributed by atoms with van der Waals surface area (Å²) in [4.78, 5) is 31.1. The van der Waals surface area contributed by atoms with Gasteiger partial charge < -0.3 is 4.90 Å². The highest BCUT2D eigenvalue weighted by Crippen LogP contribution is 2.25. The van der Waals surface area contributed by atoms with Gasteiger partial charge in [-0.1, -0.05) is 0 Å². The lowest BCUT2D eigenvalue weighted by Gasteiger charge is -2.39. The van der Waals surface area contributed by atoms with E-state index in [4.69, 9.17) is 0 Å². The molecule has 2 aliphatic rings. The van der Waals surface area contributed by atoms with Crippen molar-refractivity contribution in [3.8, 4) is 0 Å². The van der Waals surface area contributed by atoms with E-state index in [0.717, 1.165) is 39.4 Å². The smallest absolute Gasteiger partial charge is 0.267 e. The van der Waals surface area contributed by atoms with E-state index in [2.05, 4.69) is 10.1 Å². The van der Waals surface area contributed by atoms with E-state index in [1.807, 2.05) is 34.9 Å². The number of aromatic nitrogens is 3. The first-order valence-electron chi connectivity index (χ1n) is 8.97. The predicted octanol–water partition coefficient (Wildman–Crippen LogP) is 2.41. The minimum absolute atomic E-state index is 0.0309. The van der Waals surface area contributed by atoms with Crippen molar-refractivity contribution < 1.29 is 4.79 Å². The van der Waals surface area contributed by atoms with Crippen molar-refractivity contribution in [2.75, 3.05) is 18.8 Å². The maximum atomic E-state index is 12.7. The van der Waals surface area contributed by atoms with Crippen molar-refractivity contribution >= 4 is 39.2 Å². The van der Waals surface area contributed by atoms with Crippen LogP contribution in [0.2, 0.25) is 0 Å². The minimum Gasteiger partial charge on any atom is -0.338 e.